The highest BCUT2D eigenvalue weighted by molar-refractivity contribution is 8.02. The predicted octanol–water partition coefficient (Wildman–Crippen LogP) is 5.32. The van der Waals surface area contributed by atoms with E-state index in [1.807, 2.05) is 0 Å². The summed E-state index contributed by atoms with van der Waals surface area (Å²) >= 11 is 1.07. The molecule has 1 atom stereocenters. The fourth-order valence-electron chi connectivity index (χ4n) is 4.35. The minimum atomic E-state index is -4.60. The van der Waals surface area contributed by atoms with E-state index in [1.165, 1.54) is 40.1 Å². The molecule has 2 aliphatic heterocycles. The minimum absolute atomic E-state index is 0.00409. The van der Waals surface area contributed by atoms with Crippen molar-refractivity contribution in [1.82, 2.24) is 0 Å². The number of thioether (sulfide) groups is 1. The van der Waals surface area contributed by atoms with Crippen LogP contribution in [0, 0.1) is 5.82 Å². The van der Waals surface area contributed by atoms with Gasteiger partial charge in [-0.1, -0.05) is 36.4 Å². The van der Waals surface area contributed by atoms with Crippen molar-refractivity contribution in [3.8, 4) is 0 Å². The van der Waals surface area contributed by atoms with Gasteiger partial charge >= 0.3 is 6.18 Å². The van der Waals surface area contributed by atoms with Crippen molar-refractivity contribution in [1.29, 1.82) is 0 Å². The first kappa shape index (κ1) is 21.5. The van der Waals surface area contributed by atoms with Gasteiger partial charge in [-0.25, -0.2) is 4.39 Å². The van der Waals surface area contributed by atoms with E-state index in [0.29, 0.717) is 16.8 Å². The van der Waals surface area contributed by atoms with Crippen molar-refractivity contribution in [2.45, 2.75) is 17.6 Å². The van der Waals surface area contributed by atoms with E-state index in [1.54, 1.807) is 30.3 Å². The zero-order chi connectivity index (χ0) is 23.4. The van der Waals surface area contributed by atoms with Crippen LogP contribution in [0.25, 0.3) is 0 Å². The highest BCUT2D eigenvalue weighted by Gasteiger charge is 2.61. The first-order valence-corrected chi connectivity index (χ1v) is 11.0. The Labute approximate surface area is 190 Å². The molecule has 0 aliphatic carbocycles. The smallest absolute Gasteiger partial charge is 0.304 e. The van der Waals surface area contributed by atoms with Gasteiger partial charge in [0.2, 0.25) is 10.8 Å². The largest absolute Gasteiger partial charge is 0.416 e. The lowest BCUT2D eigenvalue weighted by molar-refractivity contribution is -0.137. The molecule has 2 amide bonds. The second-order valence-corrected chi connectivity index (χ2v) is 8.92. The summed E-state index contributed by atoms with van der Waals surface area (Å²) in [5.74, 6) is -1.43. The number of halogens is 4. The number of nitrogens with zero attached hydrogens (tertiary/aromatic N) is 2. The molecule has 2 heterocycles. The average molecular weight is 472 g/mol. The van der Waals surface area contributed by atoms with Gasteiger partial charge in [0.05, 0.1) is 23.5 Å². The summed E-state index contributed by atoms with van der Waals surface area (Å²) in [7, 11) is 0. The molecular formula is C24H16F4N2O2S. The number of para-hydroxylation sites is 1. The number of anilines is 2. The summed E-state index contributed by atoms with van der Waals surface area (Å²) in [6.45, 7) is 0.0561. The van der Waals surface area contributed by atoms with Crippen molar-refractivity contribution < 1.29 is 27.2 Å². The normalized spacial score (nSPS) is 20.1. The Kier molecular flexibility index (Phi) is 4.97. The lowest BCUT2D eigenvalue weighted by atomic mass is 10.0. The minimum Gasteiger partial charge on any atom is -0.304 e. The third kappa shape index (κ3) is 3.38. The molecule has 1 unspecified atom stereocenters. The van der Waals surface area contributed by atoms with E-state index in [4.69, 9.17) is 0 Å². The van der Waals surface area contributed by atoms with Crippen LogP contribution < -0.4 is 9.80 Å². The van der Waals surface area contributed by atoms with Crippen molar-refractivity contribution >= 4 is 35.0 Å². The van der Waals surface area contributed by atoms with Gasteiger partial charge in [0.15, 0.2) is 0 Å². The van der Waals surface area contributed by atoms with Crippen molar-refractivity contribution in [3.63, 3.8) is 0 Å². The number of alkyl halides is 3. The van der Waals surface area contributed by atoms with Gasteiger partial charge in [-0.2, -0.15) is 13.2 Å². The molecule has 168 valence electrons. The van der Waals surface area contributed by atoms with Gasteiger partial charge in [-0.05, 0) is 42.0 Å². The zero-order valence-corrected chi connectivity index (χ0v) is 17.8. The van der Waals surface area contributed by atoms with E-state index in [-0.39, 0.29) is 18.0 Å². The molecule has 33 heavy (non-hydrogen) atoms. The number of carbonyl (C=O) groups excluding carboxylic acids is 2. The Morgan fingerprint density at radius 3 is 2.45 bits per heavy atom. The standard InChI is InChI=1S/C24H16F4N2O2S/c25-17-7-3-5-15(11-17)13-29-20-10-2-1-9-19(20)23(22(29)32)30(21(31)14-33-23)18-8-4-6-16(12-18)24(26,27)28/h1-12H,13-14H2. The van der Waals surface area contributed by atoms with Crippen LogP contribution in [0.4, 0.5) is 28.9 Å². The Hall–Kier alpha value is -3.33. The number of amides is 2. The number of hydrogen-bond donors (Lipinski definition) is 0. The van der Waals surface area contributed by atoms with E-state index in [2.05, 4.69) is 0 Å². The fourth-order valence-corrected chi connectivity index (χ4v) is 5.71. The van der Waals surface area contributed by atoms with Gasteiger partial charge in [0.25, 0.3) is 5.91 Å². The molecule has 3 aromatic rings. The summed E-state index contributed by atoms with van der Waals surface area (Å²) in [4.78, 5) is 27.9. The Morgan fingerprint density at radius 1 is 0.939 bits per heavy atom. The summed E-state index contributed by atoms with van der Waals surface area (Å²) in [5, 5.41) is 0. The first-order chi connectivity index (χ1) is 15.7. The molecule has 1 fully saturated rings. The molecule has 0 bridgehead atoms. The topological polar surface area (TPSA) is 40.6 Å². The van der Waals surface area contributed by atoms with Gasteiger partial charge in [-0.15, -0.1) is 11.8 Å². The lowest BCUT2D eigenvalue weighted by Crippen LogP contribution is -2.49. The van der Waals surface area contributed by atoms with E-state index < -0.39 is 34.2 Å². The second kappa shape index (κ2) is 7.62. The maximum Gasteiger partial charge on any atom is 0.416 e. The molecule has 0 N–H and O–H groups in total. The molecule has 0 saturated carbocycles. The molecule has 9 heteroatoms. The van der Waals surface area contributed by atoms with Crippen molar-refractivity contribution in [2.75, 3.05) is 15.6 Å². The third-order valence-corrected chi connectivity index (χ3v) is 7.11. The monoisotopic (exact) mass is 472 g/mol. The molecule has 4 nitrogen and oxygen atoms in total. The summed E-state index contributed by atoms with van der Waals surface area (Å²) in [6, 6.07) is 17.1. The highest BCUT2D eigenvalue weighted by atomic mass is 32.2. The Bertz CT molecular complexity index is 1280. The van der Waals surface area contributed by atoms with E-state index >= 15 is 0 Å². The van der Waals surface area contributed by atoms with Gasteiger partial charge in [0.1, 0.15) is 5.82 Å². The van der Waals surface area contributed by atoms with Crippen LogP contribution in [0.5, 0.6) is 0 Å². The quantitative estimate of drug-likeness (QED) is 0.485. The van der Waals surface area contributed by atoms with E-state index in [0.717, 1.165) is 23.9 Å². The highest BCUT2D eigenvalue weighted by Crippen LogP contribution is 2.56. The first-order valence-electron chi connectivity index (χ1n) is 10.0. The van der Waals surface area contributed by atoms with Gasteiger partial charge in [0, 0.05) is 11.3 Å². The summed E-state index contributed by atoms with van der Waals surface area (Å²) < 4.78 is 53.8. The molecule has 1 spiro atoms. The SMILES string of the molecule is O=C1CSC2(C(=O)N(Cc3cccc(F)c3)c3ccccc32)N1c1cccc(C(F)(F)F)c1. The summed E-state index contributed by atoms with van der Waals surface area (Å²) in [5.41, 5.74) is 0.687. The van der Waals surface area contributed by atoms with Crippen molar-refractivity contribution in [2.24, 2.45) is 0 Å². The lowest BCUT2D eigenvalue weighted by Gasteiger charge is -2.33. The second-order valence-electron chi connectivity index (χ2n) is 7.75. The molecule has 5 rings (SSSR count). The maximum atomic E-state index is 13.9. The zero-order valence-electron chi connectivity index (χ0n) is 17.0. The number of hydrogen-bond acceptors (Lipinski definition) is 3. The Morgan fingerprint density at radius 2 is 1.70 bits per heavy atom. The Balaban J connectivity index is 1.64. The van der Waals surface area contributed by atoms with Crippen LogP contribution in [-0.4, -0.2) is 17.6 Å². The van der Waals surface area contributed by atoms with Crippen LogP contribution in [-0.2, 0) is 27.2 Å². The fraction of sp³-hybridized carbons (Fsp3) is 0.167. The molecule has 0 radical (unpaired) electrons. The number of fused-ring (bicyclic) bond motifs is 2. The average Bonchev–Trinajstić information content (AvgIpc) is 3.24. The number of carbonyl (C=O) groups is 2. The summed E-state index contributed by atoms with van der Waals surface area (Å²) in [6.07, 6.45) is -4.60. The number of rotatable bonds is 3. The number of benzene rings is 3. The van der Waals surface area contributed by atoms with Crippen LogP contribution >= 0.6 is 11.8 Å². The third-order valence-electron chi connectivity index (χ3n) is 5.73. The van der Waals surface area contributed by atoms with Crippen LogP contribution in [0.15, 0.2) is 72.8 Å². The molecule has 3 aromatic carbocycles. The van der Waals surface area contributed by atoms with Crippen LogP contribution in [0.3, 0.4) is 0 Å². The predicted molar refractivity (Wildman–Crippen MR) is 117 cm³/mol. The maximum absolute atomic E-state index is 13.9. The van der Waals surface area contributed by atoms with Crippen molar-refractivity contribution in [3.05, 3.63) is 95.3 Å². The van der Waals surface area contributed by atoms with Crippen LogP contribution in [0.2, 0.25) is 0 Å². The molecule has 1 saturated heterocycles. The van der Waals surface area contributed by atoms with Gasteiger partial charge in [-0.3, -0.25) is 14.5 Å². The molecular weight excluding hydrogens is 456 g/mol. The van der Waals surface area contributed by atoms with Gasteiger partial charge < -0.3 is 4.90 Å². The van der Waals surface area contributed by atoms with E-state index in [9.17, 15) is 27.2 Å². The molecule has 2 aliphatic rings. The van der Waals surface area contributed by atoms with Crippen LogP contribution in [0.1, 0.15) is 16.7 Å². The molecule has 0 aromatic heterocycles.